The van der Waals surface area contributed by atoms with E-state index in [4.69, 9.17) is 16.3 Å². The second-order valence-electron chi connectivity index (χ2n) is 5.66. The Bertz CT molecular complexity index is 742. The van der Waals surface area contributed by atoms with Gasteiger partial charge < -0.3 is 10.1 Å². The van der Waals surface area contributed by atoms with Crippen molar-refractivity contribution in [1.29, 1.82) is 0 Å². The van der Waals surface area contributed by atoms with Crippen LogP contribution in [0.4, 0.5) is 0 Å². The fourth-order valence-corrected chi connectivity index (χ4v) is 3.09. The molecule has 116 valence electrons. The summed E-state index contributed by atoms with van der Waals surface area (Å²) in [5.41, 5.74) is 4.03. The molecule has 0 bridgehead atoms. The van der Waals surface area contributed by atoms with Crippen LogP contribution < -0.4 is 10.7 Å². The van der Waals surface area contributed by atoms with E-state index in [9.17, 15) is 4.79 Å². The summed E-state index contributed by atoms with van der Waals surface area (Å²) >= 11 is 6.15. The van der Waals surface area contributed by atoms with Crippen molar-refractivity contribution in [1.82, 2.24) is 25.9 Å². The first-order valence-corrected chi connectivity index (χ1v) is 7.56. The molecule has 2 aromatic rings. The largest absolute Gasteiger partial charge is 0.366 e. The number of para-hydroxylation sites is 1. The van der Waals surface area contributed by atoms with Crippen molar-refractivity contribution in [3.8, 4) is 0 Å². The van der Waals surface area contributed by atoms with Gasteiger partial charge in [0, 0.05) is 18.5 Å². The zero-order valence-corrected chi connectivity index (χ0v) is 12.8. The second-order valence-corrected chi connectivity index (χ2v) is 6.06. The highest BCUT2D eigenvalue weighted by Gasteiger charge is 2.56. The number of hydrogen-bond donors (Lipinski definition) is 3. The molecule has 2 aliphatic rings. The van der Waals surface area contributed by atoms with Crippen molar-refractivity contribution >= 4 is 28.4 Å². The molecule has 0 radical (unpaired) electrons. The molecule has 0 spiro atoms. The van der Waals surface area contributed by atoms with Gasteiger partial charge in [-0.25, -0.2) is 5.01 Å². The Labute approximate surface area is 131 Å². The van der Waals surface area contributed by atoms with Crippen LogP contribution in [0.25, 0.3) is 10.9 Å². The molecule has 0 saturated carbocycles. The van der Waals surface area contributed by atoms with Gasteiger partial charge in [0.2, 0.25) is 0 Å². The number of morpholine rings is 1. The summed E-state index contributed by atoms with van der Waals surface area (Å²) in [5.74, 6) is -0.0838. The van der Waals surface area contributed by atoms with Crippen LogP contribution in [0.3, 0.4) is 0 Å². The van der Waals surface area contributed by atoms with Crippen molar-refractivity contribution in [3.05, 3.63) is 28.9 Å². The van der Waals surface area contributed by atoms with E-state index in [1.807, 2.05) is 19.1 Å². The van der Waals surface area contributed by atoms with Crippen molar-refractivity contribution in [3.63, 3.8) is 0 Å². The standard InChI is InChI=1S/C14H16ClN5O2/c1-14(12-8-3-2-4-9(15)11(8)17-18-12)19-20(14)13(21)10-7-16-5-6-22-10/h2-4,10,16,19H,5-7H2,1H3,(H,17,18)/t10-,14?,20?/m0/s1. The number of ether oxygens (including phenoxy) is 1. The minimum Gasteiger partial charge on any atom is -0.366 e. The summed E-state index contributed by atoms with van der Waals surface area (Å²) in [6.45, 7) is 3.78. The van der Waals surface area contributed by atoms with Gasteiger partial charge in [-0.2, -0.15) is 10.5 Å². The van der Waals surface area contributed by atoms with E-state index >= 15 is 0 Å². The highest BCUT2D eigenvalue weighted by Crippen LogP contribution is 2.40. The molecule has 2 aliphatic heterocycles. The van der Waals surface area contributed by atoms with Gasteiger partial charge in [-0.1, -0.05) is 23.7 Å². The average Bonchev–Trinajstić information content (AvgIpc) is 3.03. The fraction of sp³-hybridized carbons (Fsp3) is 0.429. The first-order valence-electron chi connectivity index (χ1n) is 7.18. The number of halogens is 1. The Balaban J connectivity index is 1.62. The zero-order valence-electron chi connectivity index (χ0n) is 12.0. The molecule has 2 atom stereocenters. The molecule has 2 saturated heterocycles. The van der Waals surface area contributed by atoms with Crippen molar-refractivity contribution in [2.75, 3.05) is 19.7 Å². The van der Waals surface area contributed by atoms with E-state index in [0.717, 1.165) is 17.6 Å². The number of hydrogen-bond acceptors (Lipinski definition) is 5. The van der Waals surface area contributed by atoms with Crippen molar-refractivity contribution in [2.45, 2.75) is 18.7 Å². The molecule has 3 heterocycles. The summed E-state index contributed by atoms with van der Waals surface area (Å²) < 4.78 is 5.52. The number of aromatic nitrogens is 2. The normalized spacial score (nSPS) is 28.1. The minimum atomic E-state index is -0.614. The summed E-state index contributed by atoms with van der Waals surface area (Å²) in [5, 5.41) is 13.5. The Kier molecular flexibility index (Phi) is 3.12. The number of amides is 1. The van der Waals surface area contributed by atoms with Crippen LogP contribution in [0, 0.1) is 0 Å². The number of fused-ring (bicyclic) bond motifs is 1. The Hall–Kier alpha value is -1.67. The smallest absolute Gasteiger partial charge is 0.269 e. The molecule has 22 heavy (non-hydrogen) atoms. The molecule has 4 rings (SSSR count). The lowest BCUT2D eigenvalue weighted by molar-refractivity contribution is -0.141. The van der Waals surface area contributed by atoms with E-state index in [1.165, 1.54) is 0 Å². The Morgan fingerprint density at radius 2 is 2.41 bits per heavy atom. The quantitative estimate of drug-likeness (QED) is 0.709. The van der Waals surface area contributed by atoms with Gasteiger partial charge in [0.25, 0.3) is 5.91 Å². The monoisotopic (exact) mass is 321 g/mol. The van der Waals surface area contributed by atoms with Crippen LogP contribution in [0.5, 0.6) is 0 Å². The van der Waals surface area contributed by atoms with E-state index in [0.29, 0.717) is 23.7 Å². The molecular weight excluding hydrogens is 306 g/mol. The lowest BCUT2D eigenvalue weighted by atomic mass is 10.1. The molecule has 3 N–H and O–H groups in total. The Morgan fingerprint density at radius 3 is 3.18 bits per heavy atom. The minimum absolute atomic E-state index is 0.0838. The molecule has 1 aromatic carbocycles. The first-order chi connectivity index (χ1) is 10.6. The maximum absolute atomic E-state index is 12.5. The Morgan fingerprint density at radius 1 is 1.55 bits per heavy atom. The SMILES string of the molecule is CC1(c2[nH]nc3c(Cl)cccc23)NN1C(=O)[C@@H]1CNCCO1. The predicted octanol–water partition coefficient (Wildman–Crippen LogP) is 0.724. The average molecular weight is 322 g/mol. The molecule has 1 unspecified atom stereocenters. The van der Waals surface area contributed by atoms with Crippen LogP contribution >= 0.6 is 11.6 Å². The van der Waals surface area contributed by atoms with Gasteiger partial charge in [-0.05, 0) is 13.0 Å². The number of hydrazine groups is 1. The highest BCUT2D eigenvalue weighted by molar-refractivity contribution is 6.35. The second kappa shape index (κ2) is 4.92. The molecule has 8 heteroatoms. The number of H-pyrrole nitrogens is 1. The third-order valence-corrected chi connectivity index (χ3v) is 4.48. The number of carbonyl (C=O) groups excluding carboxylic acids is 1. The predicted molar refractivity (Wildman–Crippen MR) is 81.0 cm³/mol. The topological polar surface area (TPSA) is 92.0 Å². The lowest BCUT2D eigenvalue weighted by Gasteiger charge is -2.23. The third kappa shape index (κ3) is 2.01. The third-order valence-electron chi connectivity index (χ3n) is 4.17. The molecule has 1 aromatic heterocycles. The number of rotatable bonds is 2. The van der Waals surface area contributed by atoms with Crippen molar-refractivity contribution < 1.29 is 9.53 Å². The number of nitrogens with zero attached hydrogens (tertiary/aromatic N) is 2. The van der Waals surface area contributed by atoms with E-state index in [-0.39, 0.29) is 5.91 Å². The summed E-state index contributed by atoms with van der Waals surface area (Å²) in [7, 11) is 0. The lowest BCUT2D eigenvalue weighted by Crippen LogP contribution is -2.46. The van der Waals surface area contributed by atoms with E-state index in [2.05, 4.69) is 20.9 Å². The fourth-order valence-electron chi connectivity index (χ4n) is 2.88. The number of benzene rings is 1. The van der Waals surface area contributed by atoms with Gasteiger partial charge in [0.05, 0.1) is 17.3 Å². The number of carbonyl (C=O) groups is 1. The van der Waals surface area contributed by atoms with Gasteiger partial charge in [-0.15, -0.1) is 0 Å². The van der Waals surface area contributed by atoms with Gasteiger partial charge in [0.1, 0.15) is 11.6 Å². The maximum atomic E-state index is 12.5. The van der Waals surface area contributed by atoms with Gasteiger partial charge in [0.15, 0.2) is 5.66 Å². The number of nitrogens with one attached hydrogen (secondary N) is 3. The van der Waals surface area contributed by atoms with E-state index < -0.39 is 11.8 Å². The van der Waals surface area contributed by atoms with Crippen molar-refractivity contribution in [2.24, 2.45) is 0 Å². The highest BCUT2D eigenvalue weighted by atomic mass is 35.5. The van der Waals surface area contributed by atoms with Crippen LogP contribution in [0.2, 0.25) is 5.02 Å². The van der Waals surface area contributed by atoms with Crippen LogP contribution in [-0.4, -0.2) is 46.9 Å². The molecular formula is C14H16ClN5O2. The molecule has 7 nitrogen and oxygen atoms in total. The molecule has 1 amide bonds. The molecule has 2 fully saturated rings. The zero-order chi connectivity index (χ0) is 15.3. The van der Waals surface area contributed by atoms with Gasteiger partial charge in [-0.3, -0.25) is 9.89 Å². The van der Waals surface area contributed by atoms with Crippen LogP contribution in [0.15, 0.2) is 18.2 Å². The first kappa shape index (κ1) is 14.0. The summed E-state index contributed by atoms with van der Waals surface area (Å²) in [6, 6.07) is 5.60. The summed E-state index contributed by atoms with van der Waals surface area (Å²) in [4.78, 5) is 12.5. The summed E-state index contributed by atoms with van der Waals surface area (Å²) in [6.07, 6.45) is -0.458. The van der Waals surface area contributed by atoms with E-state index in [1.54, 1.807) is 11.1 Å². The maximum Gasteiger partial charge on any atom is 0.269 e. The van der Waals surface area contributed by atoms with Crippen LogP contribution in [0.1, 0.15) is 12.6 Å². The van der Waals surface area contributed by atoms with Gasteiger partial charge >= 0.3 is 0 Å². The van der Waals surface area contributed by atoms with Crippen LogP contribution in [-0.2, 0) is 15.2 Å². The number of aromatic amines is 1. The molecule has 0 aliphatic carbocycles.